The first-order valence-electron chi connectivity index (χ1n) is 9.42. The minimum Gasteiger partial charge on any atom is -0.354 e. The Balaban J connectivity index is 1.36. The van der Waals surface area contributed by atoms with E-state index in [2.05, 4.69) is 44.8 Å². The molecule has 6 nitrogen and oxygen atoms in total. The van der Waals surface area contributed by atoms with Gasteiger partial charge < -0.3 is 15.2 Å². The van der Waals surface area contributed by atoms with Crippen LogP contribution in [0.25, 0.3) is 0 Å². The molecule has 1 aliphatic carbocycles. The van der Waals surface area contributed by atoms with Crippen molar-refractivity contribution in [3.8, 4) is 0 Å². The van der Waals surface area contributed by atoms with Crippen LogP contribution < -0.4 is 10.6 Å². The molecule has 4 rings (SSSR count). The standard InChI is InChI=1S/C20H27N5O/c1-24-11-10-22-19(24)17-13-21-9-12-25(17)14-18(26)23-15-20(7-8-20)16-5-3-2-4-6-16/h2-6,10-11,17,21H,7-9,12-15H2,1H3,(H,23,26). The Morgan fingerprint density at radius 1 is 1.35 bits per heavy atom. The van der Waals surface area contributed by atoms with E-state index in [4.69, 9.17) is 0 Å². The smallest absolute Gasteiger partial charge is 0.234 e. The van der Waals surface area contributed by atoms with Gasteiger partial charge in [-0.1, -0.05) is 30.3 Å². The van der Waals surface area contributed by atoms with Crippen molar-refractivity contribution in [2.45, 2.75) is 24.3 Å². The number of hydrogen-bond donors (Lipinski definition) is 2. The van der Waals surface area contributed by atoms with Crippen molar-refractivity contribution in [2.75, 3.05) is 32.7 Å². The van der Waals surface area contributed by atoms with E-state index in [9.17, 15) is 4.79 Å². The van der Waals surface area contributed by atoms with Gasteiger partial charge in [0.1, 0.15) is 5.82 Å². The summed E-state index contributed by atoms with van der Waals surface area (Å²) in [4.78, 5) is 19.3. The van der Waals surface area contributed by atoms with Crippen LogP contribution in [0.15, 0.2) is 42.7 Å². The van der Waals surface area contributed by atoms with Crippen molar-refractivity contribution in [2.24, 2.45) is 7.05 Å². The highest BCUT2D eigenvalue weighted by molar-refractivity contribution is 5.78. The molecule has 2 heterocycles. The molecule has 1 aliphatic heterocycles. The maximum Gasteiger partial charge on any atom is 0.234 e. The van der Waals surface area contributed by atoms with Crippen LogP contribution >= 0.6 is 0 Å². The molecule has 0 radical (unpaired) electrons. The molecule has 6 heteroatoms. The topological polar surface area (TPSA) is 62.2 Å². The fourth-order valence-corrected chi connectivity index (χ4v) is 3.91. The average Bonchev–Trinajstić information content (AvgIpc) is 3.35. The van der Waals surface area contributed by atoms with E-state index in [0.717, 1.165) is 44.8 Å². The van der Waals surface area contributed by atoms with Crippen LogP contribution in [0.2, 0.25) is 0 Å². The highest BCUT2D eigenvalue weighted by Gasteiger charge is 2.44. The normalized spacial score (nSPS) is 22.1. The first-order chi connectivity index (χ1) is 12.7. The number of piperazine rings is 1. The van der Waals surface area contributed by atoms with Gasteiger partial charge >= 0.3 is 0 Å². The SMILES string of the molecule is Cn1ccnc1C1CNCCN1CC(=O)NCC1(c2ccccc2)CC1. The predicted molar refractivity (Wildman–Crippen MR) is 101 cm³/mol. The van der Waals surface area contributed by atoms with Crippen LogP contribution in [-0.2, 0) is 17.3 Å². The monoisotopic (exact) mass is 353 g/mol. The van der Waals surface area contributed by atoms with E-state index in [-0.39, 0.29) is 17.4 Å². The first-order valence-corrected chi connectivity index (χ1v) is 9.42. The summed E-state index contributed by atoms with van der Waals surface area (Å²) in [7, 11) is 2.01. The maximum absolute atomic E-state index is 12.6. The van der Waals surface area contributed by atoms with E-state index in [1.54, 1.807) is 0 Å². The number of aryl methyl sites for hydroxylation is 1. The summed E-state index contributed by atoms with van der Waals surface area (Å²) in [6, 6.07) is 10.7. The zero-order chi connectivity index (χ0) is 18.0. The van der Waals surface area contributed by atoms with Crippen molar-refractivity contribution in [1.82, 2.24) is 25.1 Å². The summed E-state index contributed by atoms with van der Waals surface area (Å²) >= 11 is 0. The Bertz CT molecular complexity index is 753. The van der Waals surface area contributed by atoms with Gasteiger partial charge in [-0.05, 0) is 18.4 Å². The minimum absolute atomic E-state index is 0.105. The molecule has 1 aromatic carbocycles. The summed E-state index contributed by atoms with van der Waals surface area (Å²) in [6.07, 6.45) is 6.08. The summed E-state index contributed by atoms with van der Waals surface area (Å²) in [6.45, 7) is 3.74. The third kappa shape index (κ3) is 3.52. The molecule has 2 aliphatic rings. The van der Waals surface area contributed by atoms with Gasteiger partial charge in [-0.3, -0.25) is 9.69 Å². The second-order valence-electron chi connectivity index (χ2n) is 7.51. The first kappa shape index (κ1) is 17.2. The molecule has 0 bridgehead atoms. The van der Waals surface area contributed by atoms with Gasteiger partial charge in [0, 0.05) is 51.0 Å². The van der Waals surface area contributed by atoms with Crippen molar-refractivity contribution in [3.05, 3.63) is 54.1 Å². The molecular weight excluding hydrogens is 326 g/mol. The van der Waals surface area contributed by atoms with Gasteiger partial charge in [0.05, 0.1) is 12.6 Å². The third-order valence-electron chi connectivity index (χ3n) is 5.72. The van der Waals surface area contributed by atoms with Crippen LogP contribution in [0.4, 0.5) is 0 Å². The lowest BCUT2D eigenvalue weighted by atomic mass is 9.96. The van der Waals surface area contributed by atoms with Crippen molar-refractivity contribution in [1.29, 1.82) is 0 Å². The number of rotatable bonds is 6. The van der Waals surface area contributed by atoms with Gasteiger partial charge in [0.25, 0.3) is 0 Å². The van der Waals surface area contributed by atoms with Gasteiger partial charge in [0.2, 0.25) is 5.91 Å². The largest absolute Gasteiger partial charge is 0.354 e. The predicted octanol–water partition coefficient (Wildman–Crippen LogP) is 1.21. The van der Waals surface area contributed by atoms with E-state index in [0.29, 0.717) is 6.54 Å². The molecule has 26 heavy (non-hydrogen) atoms. The molecule has 1 atom stereocenters. The number of nitrogens with zero attached hydrogens (tertiary/aromatic N) is 3. The molecule has 0 spiro atoms. The van der Waals surface area contributed by atoms with E-state index >= 15 is 0 Å². The quantitative estimate of drug-likeness (QED) is 0.820. The summed E-state index contributed by atoms with van der Waals surface area (Å²) in [5.74, 6) is 1.11. The molecule has 2 aromatic rings. The Kier molecular flexibility index (Phi) is 4.78. The molecule has 1 saturated carbocycles. The average molecular weight is 353 g/mol. The fraction of sp³-hybridized carbons (Fsp3) is 0.500. The Morgan fingerprint density at radius 2 is 2.15 bits per heavy atom. The fourth-order valence-electron chi connectivity index (χ4n) is 3.91. The summed E-state index contributed by atoms with van der Waals surface area (Å²) < 4.78 is 2.04. The molecule has 1 amide bonds. The van der Waals surface area contributed by atoms with E-state index in [1.807, 2.05) is 30.1 Å². The zero-order valence-electron chi connectivity index (χ0n) is 15.3. The second kappa shape index (κ2) is 7.21. The molecule has 2 N–H and O–H groups in total. The molecule has 1 saturated heterocycles. The van der Waals surface area contributed by atoms with Crippen LogP contribution in [0.3, 0.4) is 0 Å². The Hall–Kier alpha value is -2.18. The lowest BCUT2D eigenvalue weighted by Gasteiger charge is -2.35. The Labute approximate surface area is 154 Å². The number of carbonyl (C=O) groups is 1. The van der Waals surface area contributed by atoms with Crippen molar-refractivity contribution in [3.63, 3.8) is 0 Å². The van der Waals surface area contributed by atoms with Crippen LogP contribution in [0.5, 0.6) is 0 Å². The number of hydrogen-bond acceptors (Lipinski definition) is 4. The highest BCUT2D eigenvalue weighted by atomic mass is 16.2. The lowest BCUT2D eigenvalue weighted by Crippen LogP contribution is -2.50. The molecule has 2 fully saturated rings. The number of aromatic nitrogens is 2. The van der Waals surface area contributed by atoms with Crippen molar-refractivity contribution < 1.29 is 4.79 Å². The van der Waals surface area contributed by atoms with Crippen LogP contribution in [0, 0.1) is 0 Å². The molecule has 138 valence electrons. The van der Waals surface area contributed by atoms with E-state index < -0.39 is 0 Å². The lowest BCUT2D eigenvalue weighted by molar-refractivity contribution is -0.123. The van der Waals surface area contributed by atoms with E-state index in [1.165, 1.54) is 5.56 Å². The molecular formula is C20H27N5O. The van der Waals surface area contributed by atoms with Gasteiger partial charge in [-0.2, -0.15) is 0 Å². The van der Waals surface area contributed by atoms with Gasteiger partial charge in [0.15, 0.2) is 0 Å². The number of amides is 1. The number of imidazole rings is 1. The highest BCUT2D eigenvalue weighted by Crippen LogP contribution is 2.47. The third-order valence-corrected chi connectivity index (χ3v) is 5.72. The summed E-state index contributed by atoms with van der Waals surface area (Å²) in [5, 5.41) is 6.60. The van der Waals surface area contributed by atoms with Crippen molar-refractivity contribution >= 4 is 5.91 Å². The Morgan fingerprint density at radius 3 is 2.85 bits per heavy atom. The second-order valence-corrected chi connectivity index (χ2v) is 7.51. The van der Waals surface area contributed by atoms with Gasteiger partial charge in [-0.25, -0.2) is 4.98 Å². The maximum atomic E-state index is 12.6. The number of benzene rings is 1. The molecule has 1 aromatic heterocycles. The van der Waals surface area contributed by atoms with Crippen LogP contribution in [-0.4, -0.2) is 53.1 Å². The summed E-state index contributed by atoms with van der Waals surface area (Å²) in [5.41, 5.74) is 1.49. The van der Waals surface area contributed by atoms with Gasteiger partial charge in [-0.15, -0.1) is 0 Å². The zero-order valence-corrected chi connectivity index (χ0v) is 15.3. The number of nitrogens with one attached hydrogen (secondary N) is 2. The number of carbonyl (C=O) groups excluding carboxylic acids is 1. The van der Waals surface area contributed by atoms with Crippen LogP contribution in [0.1, 0.15) is 30.3 Å². The molecule has 1 unspecified atom stereocenters. The minimum atomic E-state index is 0.105.